The Kier molecular flexibility index (Phi) is 2.73. The smallest absolute Gasteiger partial charge is 0.149 e. The van der Waals surface area contributed by atoms with E-state index in [1.165, 1.54) is 0 Å². The van der Waals surface area contributed by atoms with E-state index in [9.17, 15) is 0 Å². The van der Waals surface area contributed by atoms with Gasteiger partial charge >= 0.3 is 0 Å². The molecule has 1 aliphatic rings. The second kappa shape index (κ2) is 3.06. The number of halogens is 3. The summed E-state index contributed by atoms with van der Waals surface area (Å²) < 4.78 is 5.07. The van der Waals surface area contributed by atoms with Gasteiger partial charge in [0.2, 0.25) is 0 Å². The van der Waals surface area contributed by atoms with Crippen LogP contribution in [-0.4, -0.2) is 22.4 Å². The Morgan fingerprint density at radius 3 is 2.50 bits per heavy atom. The lowest BCUT2D eigenvalue weighted by atomic mass is 10.0. The molecule has 0 saturated carbocycles. The molecular weight excluding hydrogens is 194 g/mol. The zero-order valence-corrected chi connectivity index (χ0v) is 7.88. The van der Waals surface area contributed by atoms with E-state index >= 15 is 0 Å². The van der Waals surface area contributed by atoms with Gasteiger partial charge in [0.25, 0.3) is 0 Å². The van der Waals surface area contributed by atoms with Gasteiger partial charge in [-0.05, 0) is 13.3 Å². The lowest BCUT2D eigenvalue weighted by Gasteiger charge is -2.35. The van der Waals surface area contributed by atoms with Gasteiger partial charge in [0.05, 0.1) is 16.9 Å². The molecule has 0 spiro atoms. The molecule has 0 bridgehead atoms. The molecule has 1 aliphatic heterocycles. The highest BCUT2D eigenvalue weighted by Crippen LogP contribution is 2.36. The van der Waals surface area contributed by atoms with Gasteiger partial charge < -0.3 is 4.74 Å². The third kappa shape index (κ3) is 1.70. The molecule has 0 N–H and O–H groups in total. The average Bonchev–Trinajstić information content (AvgIpc) is 1.83. The predicted molar refractivity (Wildman–Crippen MR) is 44.1 cm³/mol. The molecule has 0 aromatic carbocycles. The highest BCUT2D eigenvalue weighted by molar-refractivity contribution is 6.36. The molecule has 0 amide bonds. The van der Waals surface area contributed by atoms with Gasteiger partial charge in [0, 0.05) is 0 Å². The van der Waals surface area contributed by atoms with Crippen LogP contribution in [0.25, 0.3) is 0 Å². The van der Waals surface area contributed by atoms with Crippen LogP contribution in [0.15, 0.2) is 0 Å². The third-order valence-electron chi connectivity index (χ3n) is 1.67. The van der Waals surface area contributed by atoms with Crippen molar-refractivity contribution in [1.82, 2.24) is 0 Å². The van der Waals surface area contributed by atoms with E-state index in [0.717, 1.165) is 6.42 Å². The van der Waals surface area contributed by atoms with Gasteiger partial charge in [-0.3, -0.25) is 0 Å². The Balaban J connectivity index is 2.60. The van der Waals surface area contributed by atoms with Crippen LogP contribution in [0.2, 0.25) is 0 Å². The molecule has 3 atom stereocenters. The topological polar surface area (TPSA) is 9.23 Å². The van der Waals surface area contributed by atoms with E-state index in [4.69, 9.17) is 39.5 Å². The lowest BCUT2D eigenvalue weighted by molar-refractivity contribution is 0.0554. The highest BCUT2D eigenvalue weighted by atomic mass is 35.5. The van der Waals surface area contributed by atoms with Crippen molar-refractivity contribution in [2.24, 2.45) is 0 Å². The molecule has 1 rings (SSSR count). The van der Waals surface area contributed by atoms with Gasteiger partial charge in [0.15, 0.2) is 0 Å². The maximum Gasteiger partial charge on any atom is 0.149 e. The standard InChI is InChI=1S/C6H9Cl3O/c1-6(9)2-3-10-5(8)4(6)7/h4-5H,2-3H2,1H3. The van der Waals surface area contributed by atoms with Crippen molar-refractivity contribution in [3.63, 3.8) is 0 Å². The molecule has 4 heteroatoms. The molecule has 0 aromatic heterocycles. The second-order valence-corrected chi connectivity index (χ2v) is 4.42. The Labute approximate surface area is 75.6 Å². The summed E-state index contributed by atoms with van der Waals surface area (Å²) in [4.78, 5) is -0.410. The Morgan fingerprint density at radius 1 is 1.50 bits per heavy atom. The summed E-state index contributed by atoms with van der Waals surface area (Å²) in [5.74, 6) is 0. The zero-order valence-electron chi connectivity index (χ0n) is 5.61. The van der Waals surface area contributed by atoms with E-state index in [2.05, 4.69) is 0 Å². The quantitative estimate of drug-likeness (QED) is 0.550. The third-order valence-corrected chi connectivity index (χ3v) is 3.43. The fourth-order valence-corrected chi connectivity index (χ4v) is 1.67. The first-order valence-corrected chi connectivity index (χ1v) is 4.38. The maximum atomic E-state index is 6.02. The summed E-state index contributed by atoms with van der Waals surface area (Å²) in [6.07, 6.45) is 0.756. The summed E-state index contributed by atoms with van der Waals surface area (Å²) in [5.41, 5.74) is -0.446. The molecule has 0 radical (unpaired) electrons. The van der Waals surface area contributed by atoms with E-state index < -0.39 is 10.4 Å². The molecule has 10 heavy (non-hydrogen) atoms. The van der Waals surface area contributed by atoms with Crippen molar-refractivity contribution in [3.05, 3.63) is 0 Å². The van der Waals surface area contributed by atoms with Crippen molar-refractivity contribution in [2.45, 2.75) is 29.2 Å². The molecule has 0 aliphatic carbocycles. The fourth-order valence-electron chi connectivity index (χ4n) is 0.867. The van der Waals surface area contributed by atoms with Gasteiger partial charge in [0.1, 0.15) is 5.56 Å². The van der Waals surface area contributed by atoms with Crippen molar-refractivity contribution in [2.75, 3.05) is 6.61 Å². The molecule has 1 heterocycles. The summed E-state index contributed by atoms with van der Waals surface area (Å²) >= 11 is 17.6. The first kappa shape index (κ1) is 8.92. The maximum absolute atomic E-state index is 6.02. The molecule has 3 unspecified atom stereocenters. The fraction of sp³-hybridized carbons (Fsp3) is 1.00. The molecule has 0 aromatic rings. The average molecular weight is 203 g/mol. The van der Waals surface area contributed by atoms with Crippen LogP contribution in [0.1, 0.15) is 13.3 Å². The first-order valence-electron chi connectivity index (χ1n) is 3.13. The van der Waals surface area contributed by atoms with E-state index in [-0.39, 0.29) is 5.38 Å². The van der Waals surface area contributed by atoms with Crippen LogP contribution >= 0.6 is 34.8 Å². The summed E-state index contributed by atoms with van der Waals surface area (Å²) in [7, 11) is 0. The van der Waals surface area contributed by atoms with Crippen LogP contribution in [0.4, 0.5) is 0 Å². The van der Waals surface area contributed by atoms with E-state index in [1.807, 2.05) is 6.92 Å². The van der Waals surface area contributed by atoms with E-state index in [1.54, 1.807) is 0 Å². The zero-order chi connectivity index (χ0) is 7.78. The van der Waals surface area contributed by atoms with Crippen molar-refractivity contribution >= 4 is 34.8 Å². The molecule has 60 valence electrons. The van der Waals surface area contributed by atoms with Gasteiger partial charge in [-0.25, -0.2) is 0 Å². The number of ether oxygens (including phenoxy) is 1. The van der Waals surface area contributed by atoms with Crippen molar-refractivity contribution in [3.8, 4) is 0 Å². The summed E-state index contributed by atoms with van der Waals surface area (Å²) in [6.45, 7) is 2.47. The molecule has 1 fully saturated rings. The normalized spacial score (nSPS) is 49.2. The monoisotopic (exact) mass is 202 g/mol. The number of hydrogen-bond acceptors (Lipinski definition) is 1. The largest absolute Gasteiger partial charge is 0.361 e. The molecule has 1 nitrogen and oxygen atoms in total. The Morgan fingerprint density at radius 2 is 2.10 bits per heavy atom. The van der Waals surface area contributed by atoms with Crippen molar-refractivity contribution < 1.29 is 4.74 Å². The minimum absolute atomic E-state index is 0.301. The minimum atomic E-state index is -0.446. The lowest BCUT2D eigenvalue weighted by Crippen LogP contribution is -2.43. The van der Waals surface area contributed by atoms with Gasteiger partial charge in [-0.15, -0.1) is 23.2 Å². The molecular formula is C6H9Cl3O. The Hall–Kier alpha value is 0.830. The first-order chi connectivity index (χ1) is 4.54. The molecule has 1 saturated heterocycles. The van der Waals surface area contributed by atoms with Crippen LogP contribution in [0.3, 0.4) is 0 Å². The van der Waals surface area contributed by atoms with Gasteiger partial charge in [-0.1, -0.05) is 11.6 Å². The van der Waals surface area contributed by atoms with Gasteiger partial charge in [-0.2, -0.15) is 0 Å². The van der Waals surface area contributed by atoms with Crippen LogP contribution in [-0.2, 0) is 4.74 Å². The highest BCUT2D eigenvalue weighted by Gasteiger charge is 2.39. The van der Waals surface area contributed by atoms with Crippen LogP contribution < -0.4 is 0 Å². The SMILES string of the molecule is CC1(Cl)CCOC(Cl)C1Cl. The second-order valence-electron chi connectivity index (χ2n) is 2.65. The number of rotatable bonds is 0. The summed E-state index contributed by atoms with van der Waals surface area (Å²) in [5, 5.41) is -0.301. The minimum Gasteiger partial charge on any atom is -0.361 e. The Bertz CT molecular complexity index is 126. The number of hydrogen-bond donors (Lipinski definition) is 0. The van der Waals surface area contributed by atoms with Crippen LogP contribution in [0, 0.1) is 0 Å². The van der Waals surface area contributed by atoms with Crippen molar-refractivity contribution in [1.29, 1.82) is 0 Å². The van der Waals surface area contributed by atoms with Crippen LogP contribution in [0.5, 0.6) is 0 Å². The number of alkyl halides is 3. The summed E-state index contributed by atoms with van der Waals surface area (Å²) in [6, 6.07) is 0. The van der Waals surface area contributed by atoms with E-state index in [0.29, 0.717) is 6.61 Å². The predicted octanol–water partition coefficient (Wildman–Crippen LogP) is 2.58.